The first kappa shape index (κ1) is 24.5. The minimum Gasteiger partial charge on any atom is -0.465 e. The van der Waals surface area contributed by atoms with Gasteiger partial charge in [-0.3, -0.25) is 14.4 Å². The van der Waals surface area contributed by atoms with Crippen molar-refractivity contribution in [3.8, 4) is 0 Å². The zero-order valence-corrected chi connectivity index (χ0v) is 20.7. The molecule has 1 N–H and O–H groups in total. The first-order chi connectivity index (χ1) is 16.9. The molecule has 0 radical (unpaired) electrons. The van der Waals surface area contributed by atoms with Crippen molar-refractivity contribution in [2.45, 2.75) is 88.0 Å². The second-order valence-corrected chi connectivity index (χ2v) is 10.9. The van der Waals surface area contributed by atoms with Gasteiger partial charge in [-0.15, -0.1) is 0 Å². The first-order valence-electron chi connectivity index (χ1n) is 13.4. The third-order valence-corrected chi connectivity index (χ3v) is 8.62. The molecule has 5 aliphatic rings. The van der Waals surface area contributed by atoms with Crippen LogP contribution in [0.1, 0.15) is 64.7 Å². The number of ether oxygens (including phenoxy) is 2. The summed E-state index contributed by atoms with van der Waals surface area (Å²) in [7, 11) is 0. The lowest BCUT2D eigenvalue weighted by Crippen LogP contribution is -2.57. The van der Waals surface area contributed by atoms with E-state index in [-0.39, 0.29) is 31.1 Å². The third kappa shape index (κ3) is 4.02. The number of amides is 2. The number of aliphatic hydroxyl groups excluding tert-OH is 1. The van der Waals surface area contributed by atoms with Gasteiger partial charge in [-0.1, -0.05) is 43.6 Å². The van der Waals surface area contributed by atoms with Gasteiger partial charge in [-0.25, -0.2) is 0 Å². The van der Waals surface area contributed by atoms with Gasteiger partial charge in [0.15, 0.2) is 0 Å². The Morgan fingerprint density at radius 3 is 2.57 bits per heavy atom. The van der Waals surface area contributed by atoms with Crippen molar-refractivity contribution in [3.05, 3.63) is 24.3 Å². The van der Waals surface area contributed by atoms with E-state index in [1.807, 2.05) is 36.1 Å². The fourth-order valence-electron chi connectivity index (χ4n) is 7.04. The summed E-state index contributed by atoms with van der Waals surface area (Å²) in [6, 6.07) is -0.641. The van der Waals surface area contributed by atoms with Gasteiger partial charge < -0.3 is 24.4 Å². The fourth-order valence-corrected chi connectivity index (χ4v) is 7.04. The number of carbonyl (C=O) groups excluding carboxylic acids is 3. The van der Waals surface area contributed by atoms with Crippen LogP contribution in [0.4, 0.5) is 0 Å². The maximum atomic E-state index is 14.3. The highest BCUT2D eigenvalue weighted by molar-refractivity contribution is 5.99. The summed E-state index contributed by atoms with van der Waals surface area (Å²) in [5.41, 5.74) is -2.23. The van der Waals surface area contributed by atoms with E-state index in [1.54, 1.807) is 4.90 Å². The molecule has 1 aliphatic carbocycles. The van der Waals surface area contributed by atoms with E-state index < -0.39 is 35.0 Å². The van der Waals surface area contributed by atoms with Crippen molar-refractivity contribution in [1.29, 1.82) is 0 Å². The monoisotopic (exact) mass is 486 g/mol. The number of esters is 1. The average molecular weight is 487 g/mol. The second-order valence-electron chi connectivity index (χ2n) is 10.9. The molecule has 0 bridgehead atoms. The van der Waals surface area contributed by atoms with E-state index in [0.29, 0.717) is 32.4 Å². The summed E-state index contributed by atoms with van der Waals surface area (Å²) in [6.45, 7) is 3.10. The normalized spacial score (nSPS) is 37.4. The molecular weight excluding hydrogens is 448 g/mol. The first-order valence-corrected chi connectivity index (χ1v) is 13.4. The topological polar surface area (TPSA) is 96.4 Å². The minimum absolute atomic E-state index is 0.0740. The highest BCUT2D eigenvalue weighted by Gasteiger charge is 2.74. The van der Waals surface area contributed by atoms with Gasteiger partial charge in [-0.05, 0) is 45.4 Å². The quantitative estimate of drug-likeness (QED) is 0.352. The predicted octanol–water partition coefficient (Wildman–Crippen LogP) is 2.35. The molecule has 4 heterocycles. The number of nitrogens with zero attached hydrogens (tertiary/aromatic N) is 2. The molecule has 8 heteroatoms. The Kier molecular flexibility index (Phi) is 6.79. The van der Waals surface area contributed by atoms with E-state index in [4.69, 9.17) is 9.47 Å². The number of hydrogen-bond acceptors (Lipinski definition) is 6. The smallest absolute Gasteiger partial charge is 0.313 e. The van der Waals surface area contributed by atoms with Crippen LogP contribution < -0.4 is 0 Å². The highest BCUT2D eigenvalue weighted by atomic mass is 16.6. The molecule has 1 spiro atoms. The van der Waals surface area contributed by atoms with Gasteiger partial charge in [0.05, 0.1) is 18.1 Å². The van der Waals surface area contributed by atoms with Gasteiger partial charge in [-0.2, -0.15) is 0 Å². The number of likely N-dealkylation sites (tertiary alicyclic amines) is 1. The van der Waals surface area contributed by atoms with Gasteiger partial charge in [0.1, 0.15) is 17.6 Å². The number of fused-ring (bicyclic) bond motifs is 2. The molecular formula is C27H38N2O6. The lowest BCUT2D eigenvalue weighted by atomic mass is 9.74. The summed E-state index contributed by atoms with van der Waals surface area (Å²) in [4.78, 5) is 45.2. The molecule has 5 rings (SSSR count). The van der Waals surface area contributed by atoms with Crippen LogP contribution >= 0.6 is 0 Å². The number of unbranched alkanes of at least 4 members (excludes halogenated alkanes) is 2. The molecule has 2 amide bonds. The predicted molar refractivity (Wildman–Crippen MR) is 128 cm³/mol. The van der Waals surface area contributed by atoms with Crippen LogP contribution in [0.25, 0.3) is 0 Å². The summed E-state index contributed by atoms with van der Waals surface area (Å²) in [5, 5.41) is 9.19. The Morgan fingerprint density at radius 2 is 1.80 bits per heavy atom. The van der Waals surface area contributed by atoms with Crippen LogP contribution in [0.15, 0.2) is 24.3 Å². The molecule has 192 valence electrons. The summed E-state index contributed by atoms with van der Waals surface area (Å²) in [5.74, 6) is -2.33. The highest BCUT2D eigenvalue weighted by Crippen LogP contribution is 2.57. The summed E-state index contributed by atoms with van der Waals surface area (Å²) < 4.78 is 12.3. The van der Waals surface area contributed by atoms with Gasteiger partial charge in [0.2, 0.25) is 11.8 Å². The molecule has 1 unspecified atom stereocenters. The maximum absolute atomic E-state index is 14.3. The molecule has 5 atom stereocenters. The molecule has 35 heavy (non-hydrogen) atoms. The zero-order valence-electron chi connectivity index (χ0n) is 20.7. The number of aliphatic hydroxyl groups is 1. The van der Waals surface area contributed by atoms with Crippen molar-refractivity contribution in [3.63, 3.8) is 0 Å². The van der Waals surface area contributed by atoms with Crippen molar-refractivity contribution in [1.82, 2.24) is 9.80 Å². The Balaban J connectivity index is 1.55. The van der Waals surface area contributed by atoms with Crippen LogP contribution in [0.5, 0.6) is 0 Å². The second kappa shape index (κ2) is 9.69. The van der Waals surface area contributed by atoms with Crippen LogP contribution in [-0.2, 0) is 23.9 Å². The SMILES string of the molecule is C[C@]12C=CCCOC(=O)[C@H]1[C@H]1C(=O)N(CCCCCO)C3C(=O)N(C4CCCCC4)CC=C[C@@]31O2. The fraction of sp³-hybridized carbons (Fsp3) is 0.741. The Bertz CT molecular complexity index is 911. The molecule has 0 aromatic rings. The summed E-state index contributed by atoms with van der Waals surface area (Å²) in [6.07, 6.45) is 15.7. The van der Waals surface area contributed by atoms with E-state index >= 15 is 0 Å². The molecule has 1 saturated carbocycles. The van der Waals surface area contributed by atoms with Crippen LogP contribution in [-0.4, -0.2) is 82.3 Å². The number of rotatable bonds is 6. The van der Waals surface area contributed by atoms with E-state index in [0.717, 1.165) is 32.1 Å². The molecule has 3 fully saturated rings. The number of cyclic esters (lactones) is 1. The van der Waals surface area contributed by atoms with E-state index in [9.17, 15) is 19.5 Å². The lowest BCUT2D eigenvalue weighted by Gasteiger charge is -2.40. The molecule has 0 aromatic heterocycles. The lowest BCUT2D eigenvalue weighted by molar-refractivity contribution is -0.160. The average Bonchev–Trinajstić information content (AvgIpc) is 3.16. The van der Waals surface area contributed by atoms with Crippen LogP contribution in [0.2, 0.25) is 0 Å². The Hall–Kier alpha value is -2.19. The van der Waals surface area contributed by atoms with Crippen molar-refractivity contribution >= 4 is 17.8 Å². The molecule has 4 aliphatic heterocycles. The third-order valence-electron chi connectivity index (χ3n) is 8.62. The molecule has 2 saturated heterocycles. The molecule has 8 nitrogen and oxygen atoms in total. The molecule has 0 aromatic carbocycles. The maximum Gasteiger partial charge on any atom is 0.313 e. The van der Waals surface area contributed by atoms with Crippen molar-refractivity contribution < 1.29 is 29.0 Å². The standard InChI is InChI=1S/C27H38N2O6/c1-26-13-6-9-18-34-25(33)21(26)20-23(31)29(15-7-3-8-17-30)22-24(32)28(19-11-4-2-5-12-19)16-10-14-27(20,22)35-26/h6,10,13-14,19-22,30H,2-5,7-9,11-12,15-18H2,1H3/t20-,21+,22?,26-,27-/m0/s1. The van der Waals surface area contributed by atoms with E-state index in [2.05, 4.69) is 0 Å². The van der Waals surface area contributed by atoms with Gasteiger partial charge >= 0.3 is 5.97 Å². The largest absolute Gasteiger partial charge is 0.465 e. The van der Waals surface area contributed by atoms with E-state index in [1.165, 1.54) is 6.42 Å². The Labute approximate surface area is 207 Å². The van der Waals surface area contributed by atoms with Crippen molar-refractivity contribution in [2.75, 3.05) is 26.3 Å². The zero-order chi connectivity index (χ0) is 24.6. The summed E-state index contributed by atoms with van der Waals surface area (Å²) >= 11 is 0. The minimum atomic E-state index is -1.21. The Morgan fingerprint density at radius 1 is 1.00 bits per heavy atom. The number of carbonyl (C=O) groups is 3. The van der Waals surface area contributed by atoms with Crippen LogP contribution in [0.3, 0.4) is 0 Å². The van der Waals surface area contributed by atoms with Crippen LogP contribution in [0, 0.1) is 11.8 Å². The number of hydrogen-bond donors (Lipinski definition) is 1. The van der Waals surface area contributed by atoms with Gasteiger partial charge in [0.25, 0.3) is 0 Å². The van der Waals surface area contributed by atoms with Crippen molar-refractivity contribution in [2.24, 2.45) is 11.8 Å². The van der Waals surface area contributed by atoms with Gasteiger partial charge in [0, 0.05) is 25.7 Å².